The molecule has 0 unspecified atom stereocenters. The number of hydrogen-bond donors (Lipinski definition) is 1. The lowest BCUT2D eigenvalue weighted by Gasteiger charge is -2.30. The van der Waals surface area contributed by atoms with Gasteiger partial charge in [0.15, 0.2) is 0 Å². The first-order valence-corrected chi connectivity index (χ1v) is 10.6. The first kappa shape index (κ1) is 19.9. The van der Waals surface area contributed by atoms with Crippen molar-refractivity contribution in [1.29, 1.82) is 0 Å². The number of nitrogens with zero attached hydrogens (tertiary/aromatic N) is 3. The van der Waals surface area contributed by atoms with E-state index >= 15 is 0 Å². The van der Waals surface area contributed by atoms with E-state index in [0.717, 1.165) is 11.4 Å². The molecule has 0 radical (unpaired) electrons. The molecule has 1 aromatic carbocycles. The van der Waals surface area contributed by atoms with Gasteiger partial charge in [0.25, 0.3) is 0 Å². The minimum atomic E-state index is -3.55. The molecule has 0 atom stereocenters. The van der Waals surface area contributed by atoms with Crippen molar-refractivity contribution >= 4 is 27.5 Å². The summed E-state index contributed by atoms with van der Waals surface area (Å²) in [6.45, 7) is 2.98. The Morgan fingerprint density at radius 1 is 1.26 bits per heavy atom. The van der Waals surface area contributed by atoms with Gasteiger partial charge in [0.05, 0.1) is 22.8 Å². The van der Waals surface area contributed by atoms with Crippen molar-refractivity contribution in [2.45, 2.75) is 31.2 Å². The minimum absolute atomic E-state index is 0.0441. The summed E-state index contributed by atoms with van der Waals surface area (Å²) in [6.07, 6.45) is 1.01. The number of piperidine rings is 1. The average Bonchev–Trinajstić information content (AvgIpc) is 2.97. The molecule has 1 aliphatic heterocycles. The SMILES string of the molecule is Cc1cc(CNC(=O)C2CCN(S(=O)(=O)c3ccc(Cl)cc3)CC2)n(C)n1. The molecular weight excluding hydrogens is 388 g/mol. The number of hydrogen-bond acceptors (Lipinski definition) is 4. The Hall–Kier alpha value is -1.90. The van der Waals surface area contributed by atoms with Crippen LogP contribution in [0, 0.1) is 12.8 Å². The normalized spacial score (nSPS) is 16.4. The first-order valence-electron chi connectivity index (χ1n) is 8.80. The average molecular weight is 411 g/mol. The van der Waals surface area contributed by atoms with Crippen LogP contribution in [0.5, 0.6) is 0 Å². The van der Waals surface area contributed by atoms with E-state index in [1.54, 1.807) is 16.8 Å². The van der Waals surface area contributed by atoms with Gasteiger partial charge in [-0.25, -0.2) is 8.42 Å². The number of amides is 1. The second-order valence-corrected chi connectivity index (χ2v) is 9.13. The van der Waals surface area contributed by atoms with E-state index in [1.165, 1.54) is 16.4 Å². The van der Waals surface area contributed by atoms with Gasteiger partial charge in [-0.05, 0) is 50.1 Å². The van der Waals surface area contributed by atoms with Crippen LogP contribution in [0.4, 0.5) is 0 Å². The molecule has 7 nitrogen and oxygen atoms in total. The van der Waals surface area contributed by atoms with Crippen molar-refractivity contribution in [3.63, 3.8) is 0 Å². The number of sulfonamides is 1. The highest BCUT2D eigenvalue weighted by Crippen LogP contribution is 2.25. The Bertz CT molecular complexity index is 917. The second kappa shape index (κ2) is 8.00. The maximum atomic E-state index is 12.7. The van der Waals surface area contributed by atoms with Gasteiger partial charge in [0, 0.05) is 31.1 Å². The van der Waals surface area contributed by atoms with Crippen LogP contribution in [0.25, 0.3) is 0 Å². The Morgan fingerprint density at radius 2 is 1.89 bits per heavy atom. The number of carbonyl (C=O) groups is 1. The summed E-state index contributed by atoms with van der Waals surface area (Å²) in [7, 11) is -1.71. The maximum absolute atomic E-state index is 12.7. The molecule has 2 heterocycles. The molecule has 1 aliphatic rings. The summed E-state index contributed by atoms with van der Waals surface area (Å²) in [6, 6.07) is 8.07. The number of aromatic nitrogens is 2. The zero-order valence-corrected chi connectivity index (χ0v) is 16.9. The molecule has 1 amide bonds. The van der Waals surface area contributed by atoms with Gasteiger partial charge in [0.2, 0.25) is 15.9 Å². The Balaban J connectivity index is 1.55. The van der Waals surface area contributed by atoms with Crippen molar-refractivity contribution in [2.24, 2.45) is 13.0 Å². The van der Waals surface area contributed by atoms with Crippen molar-refractivity contribution in [3.8, 4) is 0 Å². The van der Waals surface area contributed by atoms with E-state index in [-0.39, 0.29) is 16.7 Å². The van der Waals surface area contributed by atoms with E-state index in [2.05, 4.69) is 10.4 Å². The van der Waals surface area contributed by atoms with E-state index in [9.17, 15) is 13.2 Å². The standard InChI is InChI=1S/C18H23ClN4O3S/c1-13-11-16(22(2)21-13)12-20-18(24)14-7-9-23(10-8-14)27(25,26)17-5-3-15(19)4-6-17/h3-6,11,14H,7-10,12H2,1-2H3,(H,20,24). The fourth-order valence-electron chi connectivity index (χ4n) is 3.27. The van der Waals surface area contributed by atoms with Crippen LogP contribution in [-0.4, -0.2) is 41.5 Å². The van der Waals surface area contributed by atoms with Crippen LogP contribution in [-0.2, 0) is 28.4 Å². The number of benzene rings is 1. The summed E-state index contributed by atoms with van der Waals surface area (Å²) in [5.74, 6) is -0.228. The number of aryl methyl sites for hydroxylation is 2. The molecule has 0 spiro atoms. The predicted octanol–water partition coefficient (Wildman–Crippen LogP) is 2.10. The number of nitrogens with one attached hydrogen (secondary N) is 1. The maximum Gasteiger partial charge on any atom is 0.243 e. The van der Waals surface area contributed by atoms with Crippen LogP contribution in [0.2, 0.25) is 5.02 Å². The second-order valence-electron chi connectivity index (χ2n) is 6.75. The summed E-state index contributed by atoms with van der Waals surface area (Å²) >= 11 is 5.83. The minimum Gasteiger partial charge on any atom is -0.350 e. The quantitative estimate of drug-likeness (QED) is 0.818. The molecule has 0 saturated carbocycles. The Labute approximate surface area is 164 Å². The van der Waals surface area contributed by atoms with E-state index in [4.69, 9.17) is 11.6 Å². The lowest BCUT2D eigenvalue weighted by Crippen LogP contribution is -2.42. The third-order valence-electron chi connectivity index (χ3n) is 4.82. The highest BCUT2D eigenvalue weighted by atomic mass is 35.5. The molecule has 0 bridgehead atoms. The van der Waals surface area contributed by atoms with Gasteiger partial charge in [0.1, 0.15) is 0 Å². The molecule has 1 aromatic heterocycles. The Morgan fingerprint density at radius 3 is 2.44 bits per heavy atom. The number of carbonyl (C=O) groups excluding carboxylic acids is 1. The van der Waals surface area contributed by atoms with Crippen LogP contribution in [0.3, 0.4) is 0 Å². The zero-order chi connectivity index (χ0) is 19.6. The summed E-state index contributed by atoms with van der Waals surface area (Å²) in [5.41, 5.74) is 1.84. The molecule has 0 aliphatic carbocycles. The summed E-state index contributed by atoms with van der Waals surface area (Å²) in [5, 5.41) is 7.68. The van der Waals surface area contributed by atoms with Crippen molar-refractivity contribution < 1.29 is 13.2 Å². The first-order chi connectivity index (χ1) is 12.8. The lowest BCUT2D eigenvalue weighted by molar-refractivity contribution is -0.126. The fourth-order valence-corrected chi connectivity index (χ4v) is 4.86. The molecule has 1 saturated heterocycles. The van der Waals surface area contributed by atoms with E-state index < -0.39 is 10.0 Å². The molecule has 1 fully saturated rings. The number of halogens is 1. The smallest absolute Gasteiger partial charge is 0.243 e. The summed E-state index contributed by atoms with van der Waals surface area (Å²) < 4.78 is 28.6. The van der Waals surface area contributed by atoms with Crippen molar-refractivity contribution in [1.82, 2.24) is 19.4 Å². The third kappa shape index (κ3) is 4.51. The lowest BCUT2D eigenvalue weighted by atomic mass is 9.97. The molecule has 27 heavy (non-hydrogen) atoms. The molecule has 1 N–H and O–H groups in total. The zero-order valence-electron chi connectivity index (χ0n) is 15.4. The van der Waals surface area contributed by atoms with E-state index in [0.29, 0.717) is 37.5 Å². The summed E-state index contributed by atoms with van der Waals surface area (Å²) in [4.78, 5) is 12.7. The predicted molar refractivity (Wildman–Crippen MR) is 103 cm³/mol. The molecule has 146 valence electrons. The van der Waals surface area contributed by atoms with Crippen LogP contribution in [0.15, 0.2) is 35.2 Å². The topological polar surface area (TPSA) is 84.3 Å². The number of rotatable bonds is 5. The third-order valence-corrected chi connectivity index (χ3v) is 6.98. The van der Waals surface area contributed by atoms with Gasteiger partial charge in [-0.15, -0.1) is 0 Å². The molecule has 3 rings (SSSR count). The van der Waals surface area contributed by atoms with Crippen molar-refractivity contribution in [3.05, 3.63) is 46.7 Å². The van der Waals surface area contributed by atoms with Crippen molar-refractivity contribution in [2.75, 3.05) is 13.1 Å². The van der Waals surface area contributed by atoms with E-state index in [1.807, 2.05) is 20.0 Å². The highest BCUT2D eigenvalue weighted by molar-refractivity contribution is 7.89. The highest BCUT2D eigenvalue weighted by Gasteiger charge is 2.32. The van der Waals surface area contributed by atoms with Gasteiger partial charge in [-0.3, -0.25) is 9.48 Å². The monoisotopic (exact) mass is 410 g/mol. The van der Waals surface area contributed by atoms with Gasteiger partial charge in [-0.2, -0.15) is 9.40 Å². The van der Waals surface area contributed by atoms with Gasteiger partial charge in [-0.1, -0.05) is 11.6 Å². The van der Waals surface area contributed by atoms with Crippen LogP contribution < -0.4 is 5.32 Å². The van der Waals surface area contributed by atoms with Crippen LogP contribution >= 0.6 is 11.6 Å². The van der Waals surface area contributed by atoms with Gasteiger partial charge >= 0.3 is 0 Å². The van der Waals surface area contributed by atoms with Gasteiger partial charge < -0.3 is 5.32 Å². The molecular formula is C18H23ClN4O3S. The van der Waals surface area contributed by atoms with Crippen LogP contribution in [0.1, 0.15) is 24.2 Å². The molecule has 2 aromatic rings. The Kier molecular flexibility index (Phi) is 5.88. The fraction of sp³-hybridized carbons (Fsp3) is 0.444. The molecule has 9 heteroatoms. The largest absolute Gasteiger partial charge is 0.350 e.